The third-order valence-corrected chi connectivity index (χ3v) is 5.72. The van der Waals surface area contributed by atoms with Crippen LogP contribution in [0.15, 0.2) is 24.5 Å². The van der Waals surface area contributed by atoms with Crippen molar-refractivity contribution in [1.82, 2.24) is 24.4 Å². The number of nitrogens with zero attached hydrogens (tertiary/aromatic N) is 5. The van der Waals surface area contributed by atoms with Crippen molar-refractivity contribution >= 4 is 17.5 Å². The van der Waals surface area contributed by atoms with Crippen LogP contribution in [0.25, 0.3) is 5.65 Å². The molecule has 8 heteroatoms. The van der Waals surface area contributed by atoms with Gasteiger partial charge in [0, 0.05) is 44.6 Å². The Kier molecular flexibility index (Phi) is 3.66. The predicted octanol–water partition coefficient (Wildman–Crippen LogP) is 0.724. The maximum atomic E-state index is 13.3. The molecule has 0 spiro atoms. The predicted molar refractivity (Wildman–Crippen MR) is 91.5 cm³/mol. The lowest BCUT2D eigenvalue weighted by atomic mass is 10.1. The fraction of sp³-hybridized carbons (Fsp3) is 0.556. The Balaban J connectivity index is 1.48. The molecule has 5 rings (SSSR count). The zero-order valence-corrected chi connectivity index (χ0v) is 14.5. The largest absolute Gasteiger partial charge is 0.376 e. The van der Waals surface area contributed by atoms with E-state index in [-0.39, 0.29) is 24.0 Å². The van der Waals surface area contributed by atoms with Crippen LogP contribution < -0.4 is 0 Å². The quantitative estimate of drug-likeness (QED) is 0.793. The highest BCUT2D eigenvalue weighted by molar-refractivity contribution is 5.97. The lowest BCUT2D eigenvalue weighted by Crippen LogP contribution is -2.49. The summed E-state index contributed by atoms with van der Waals surface area (Å²) in [5.74, 6) is -0.151. The molecule has 26 heavy (non-hydrogen) atoms. The first kappa shape index (κ1) is 15.7. The molecule has 0 N–H and O–H groups in total. The van der Waals surface area contributed by atoms with Gasteiger partial charge in [0.2, 0.25) is 5.91 Å². The number of likely N-dealkylation sites (tertiary alicyclic amines) is 2. The van der Waals surface area contributed by atoms with E-state index in [1.165, 1.54) is 0 Å². The van der Waals surface area contributed by atoms with Gasteiger partial charge in [-0.25, -0.2) is 9.50 Å². The Morgan fingerprint density at radius 1 is 1.23 bits per heavy atom. The third-order valence-electron chi connectivity index (χ3n) is 5.72. The molecule has 3 aliphatic heterocycles. The lowest BCUT2D eigenvalue weighted by molar-refractivity contribution is -0.134. The van der Waals surface area contributed by atoms with Crippen LogP contribution in [0.3, 0.4) is 0 Å². The summed E-state index contributed by atoms with van der Waals surface area (Å²) in [5.41, 5.74) is 0.951. The van der Waals surface area contributed by atoms with Crippen LogP contribution in [0, 0.1) is 0 Å². The van der Waals surface area contributed by atoms with Crippen LogP contribution >= 0.6 is 0 Å². The summed E-state index contributed by atoms with van der Waals surface area (Å²) in [6, 6.07) is 2.96. The number of carbonyl (C=O) groups is 2. The minimum atomic E-state index is -0.450. The third kappa shape index (κ3) is 2.39. The number of ether oxygens (including phenoxy) is 1. The summed E-state index contributed by atoms with van der Waals surface area (Å²) >= 11 is 0. The number of fused-ring (bicyclic) bond motifs is 2. The van der Waals surface area contributed by atoms with E-state index < -0.39 is 6.04 Å². The van der Waals surface area contributed by atoms with E-state index in [0.29, 0.717) is 24.4 Å². The van der Waals surface area contributed by atoms with Crippen molar-refractivity contribution in [2.45, 2.75) is 43.9 Å². The molecule has 5 heterocycles. The van der Waals surface area contributed by atoms with Crippen LogP contribution in [0.5, 0.6) is 0 Å². The van der Waals surface area contributed by atoms with Crippen LogP contribution in [0.1, 0.15) is 36.2 Å². The zero-order chi connectivity index (χ0) is 17.7. The summed E-state index contributed by atoms with van der Waals surface area (Å²) in [4.78, 5) is 34.2. The Labute approximate surface area is 150 Å². The van der Waals surface area contributed by atoms with E-state index in [4.69, 9.17) is 4.74 Å². The van der Waals surface area contributed by atoms with Gasteiger partial charge in [0.25, 0.3) is 5.91 Å². The van der Waals surface area contributed by atoms with Gasteiger partial charge in [-0.15, -0.1) is 0 Å². The van der Waals surface area contributed by atoms with E-state index in [0.717, 1.165) is 32.4 Å². The maximum absolute atomic E-state index is 13.3. The summed E-state index contributed by atoms with van der Waals surface area (Å²) in [7, 11) is 0. The molecule has 2 aromatic heterocycles. The molecule has 3 saturated heterocycles. The molecule has 0 saturated carbocycles. The summed E-state index contributed by atoms with van der Waals surface area (Å²) in [6.07, 6.45) is 6.80. The standard InChI is InChI=1S/C18H21N5O3/c24-17(12-10-16-19-5-3-8-22(16)20-12)23-13-4-9-26-15(13)11-14(23)18(25)21-6-1-2-7-21/h3,5,8,10,13-15H,1-2,4,6-7,9,11H2/t13-,14-,15-/m0/s1. The second kappa shape index (κ2) is 6.05. The summed E-state index contributed by atoms with van der Waals surface area (Å²) in [6.45, 7) is 2.20. The Morgan fingerprint density at radius 2 is 2.08 bits per heavy atom. The molecular formula is C18H21N5O3. The van der Waals surface area contributed by atoms with Crippen LogP contribution in [0.2, 0.25) is 0 Å². The van der Waals surface area contributed by atoms with Gasteiger partial charge in [0.1, 0.15) is 6.04 Å². The molecule has 0 bridgehead atoms. The lowest BCUT2D eigenvalue weighted by Gasteiger charge is -2.30. The van der Waals surface area contributed by atoms with E-state index >= 15 is 0 Å². The number of hydrogen-bond acceptors (Lipinski definition) is 5. The Hall–Kier alpha value is -2.48. The van der Waals surface area contributed by atoms with Crippen LogP contribution in [-0.2, 0) is 9.53 Å². The minimum Gasteiger partial charge on any atom is -0.376 e. The second-order valence-electron chi connectivity index (χ2n) is 7.21. The highest BCUT2D eigenvalue weighted by Gasteiger charge is 2.51. The maximum Gasteiger partial charge on any atom is 0.275 e. The van der Waals surface area contributed by atoms with E-state index in [9.17, 15) is 9.59 Å². The number of carbonyl (C=O) groups excluding carboxylic acids is 2. The molecular weight excluding hydrogens is 334 g/mol. The van der Waals surface area contributed by atoms with Crippen molar-refractivity contribution in [2.75, 3.05) is 19.7 Å². The van der Waals surface area contributed by atoms with Gasteiger partial charge in [-0.1, -0.05) is 0 Å². The molecule has 0 unspecified atom stereocenters. The molecule has 3 fully saturated rings. The SMILES string of the molecule is O=C([C@@H]1C[C@@H]2OCC[C@@H]2N1C(=O)c1cc2ncccn2n1)N1CCCC1. The first-order chi connectivity index (χ1) is 12.7. The average molecular weight is 355 g/mol. The summed E-state index contributed by atoms with van der Waals surface area (Å²) < 4.78 is 7.38. The number of amides is 2. The van der Waals surface area contributed by atoms with Crippen molar-refractivity contribution in [3.63, 3.8) is 0 Å². The molecule has 0 radical (unpaired) electrons. The highest BCUT2D eigenvalue weighted by Crippen LogP contribution is 2.36. The van der Waals surface area contributed by atoms with Crippen molar-refractivity contribution in [3.8, 4) is 0 Å². The minimum absolute atomic E-state index is 0.0446. The van der Waals surface area contributed by atoms with E-state index in [1.807, 2.05) is 4.90 Å². The van der Waals surface area contributed by atoms with Crippen molar-refractivity contribution in [1.29, 1.82) is 0 Å². The Morgan fingerprint density at radius 3 is 2.88 bits per heavy atom. The van der Waals surface area contributed by atoms with Gasteiger partial charge in [0.05, 0.1) is 12.1 Å². The zero-order valence-electron chi connectivity index (χ0n) is 14.5. The van der Waals surface area contributed by atoms with E-state index in [1.54, 1.807) is 33.9 Å². The van der Waals surface area contributed by atoms with Gasteiger partial charge < -0.3 is 14.5 Å². The van der Waals surface area contributed by atoms with Crippen molar-refractivity contribution < 1.29 is 14.3 Å². The molecule has 3 aliphatic rings. The van der Waals surface area contributed by atoms with Crippen molar-refractivity contribution in [3.05, 3.63) is 30.2 Å². The van der Waals surface area contributed by atoms with E-state index in [2.05, 4.69) is 10.1 Å². The molecule has 2 amide bonds. The van der Waals surface area contributed by atoms with Crippen molar-refractivity contribution in [2.24, 2.45) is 0 Å². The monoisotopic (exact) mass is 355 g/mol. The first-order valence-corrected chi connectivity index (χ1v) is 9.26. The summed E-state index contributed by atoms with van der Waals surface area (Å²) in [5, 5.41) is 4.36. The number of hydrogen-bond donors (Lipinski definition) is 0. The van der Waals surface area contributed by atoms with Gasteiger partial charge >= 0.3 is 0 Å². The fourth-order valence-electron chi connectivity index (χ4n) is 4.47. The molecule has 3 atom stereocenters. The van der Waals surface area contributed by atoms with Crippen LogP contribution in [0.4, 0.5) is 0 Å². The Bertz CT molecular complexity index is 826. The highest BCUT2D eigenvalue weighted by atomic mass is 16.5. The topological polar surface area (TPSA) is 80.0 Å². The molecule has 2 aromatic rings. The first-order valence-electron chi connectivity index (χ1n) is 9.26. The molecule has 136 valence electrons. The average Bonchev–Trinajstić information content (AvgIpc) is 3.43. The second-order valence-corrected chi connectivity index (χ2v) is 7.21. The fourth-order valence-corrected chi connectivity index (χ4v) is 4.47. The van der Waals surface area contributed by atoms with Gasteiger partial charge in [-0.05, 0) is 25.3 Å². The van der Waals surface area contributed by atoms with Crippen LogP contribution in [-0.4, -0.2) is 74.1 Å². The molecule has 0 aliphatic carbocycles. The van der Waals surface area contributed by atoms with Gasteiger partial charge in [0.15, 0.2) is 11.3 Å². The van der Waals surface area contributed by atoms with Gasteiger partial charge in [-0.3, -0.25) is 9.59 Å². The smallest absolute Gasteiger partial charge is 0.275 e. The molecule has 0 aromatic carbocycles. The normalized spacial score (nSPS) is 28.1. The molecule has 8 nitrogen and oxygen atoms in total. The number of rotatable bonds is 2. The van der Waals surface area contributed by atoms with Gasteiger partial charge in [-0.2, -0.15) is 5.10 Å². The number of aromatic nitrogens is 3.